The van der Waals surface area contributed by atoms with Crippen molar-refractivity contribution in [2.45, 2.75) is 19.5 Å². The lowest BCUT2D eigenvalue weighted by atomic mass is 10.1. The number of benzene rings is 1. The van der Waals surface area contributed by atoms with Crippen molar-refractivity contribution in [3.8, 4) is 0 Å². The number of furan rings is 1. The predicted octanol–water partition coefficient (Wildman–Crippen LogP) is 1.82. The molecule has 4 nitrogen and oxygen atoms in total. The molecule has 3 rings (SSSR count). The normalized spacial score (nSPS) is 21.6. The van der Waals surface area contributed by atoms with E-state index in [1.54, 1.807) is 0 Å². The number of piperazine rings is 1. The Hall–Kier alpha value is -1.36. The number of hydrogen-bond donors (Lipinski definition) is 1. The molecule has 1 aliphatic rings. The number of likely N-dealkylation sites (N-methyl/N-ethyl adjacent to an activating group) is 1. The molecule has 1 atom stereocenters. The predicted molar refractivity (Wildman–Crippen MR) is 81.7 cm³/mol. The minimum atomic E-state index is 0.432. The van der Waals surface area contributed by atoms with E-state index in [4.69, 9.17) is 10.2 Å². The van der Waals surface area contributed by atoms with Crippen LogP contribution in [0.4, 0.5) is 0 Å². The summed E-state index contributed by atoms with van der Waals surface area (Å²) in [4.78, 5) is 4.85. The lowest BCUT2D eigenvalue weighted by Crippen LogP contribution is -2.54. The summed E-state index contributed by atoms with van der Waals surface area (Å²) in [5, 5.41) is 1.24. The van der Waals surface area contributed by atoms with Gasteiger partial charge in [-0.05, 0) is 20.0 Å². The van der Waals surface area contributed by atoms with E-state index in [-0.39, 0.29) is 0 Å². The number of aryl methyl sites for hydroxylation is 1. The van der Waals surface area contributed by atoms with Gasteiger partial charge < -0.3 is 15.1 Å². The Morgan fingerprint density at radius 3 is 2.90 bits per heavy atom. The fraction of sp³-hybridized carbons (Fsp3) is 0.500. The third-order valence-corrected chi connectivity index (χ3v) is 4.34. The molecule has 1 aliphatic heterocycles. The first-order valence-corrected chi connectivity index (χ1v) is 7.28. The monoisotopic (exact) mass is 273 g/mol. The van der Waals surface area contributed by atoms with Gasteiger partial charge in [0.2, 0.25) is 0 Å². The van der Waals surface area contributed by atoms with E-state index in [0.29, 0.717) is 12.6 Å². The highest BCUT2D eigenvalue weighted by molar-refractivity contribution is 5.82. The Bertz CT molecular complexity index is 592. The average Bonchev–Trinajstić information content (AvgIpc) is 2.77. The number of para-hydroxylation sites is 1. The van der Waals surface area contributed by atoms with Crippen molar-refractivity contribution in [2.24, 2.45) is 5.73 Å². The molecule has 1 fully saturated rings. The van der Waals surface area contributed by atoms with E-state index < -0.39 is 0 Å². The molecule has 0 radical (unpaired) electrons. The molecule has 1 saturated heterocycles. The summed E-state index contributed by atoms with van der Waals surface area (Å²) >= 11 is 0. The van der Waals surface area contributed by atoms with Crippen molar-refractivity contribution in [1.82, 2.24) is 9.80 Å². The molecule has 0 saturated carbocycles. The molecule has 20 heavy (non-hydrogen) atoms. The number of nitrogens with zero attached hydrogens (tertiary/aromatic N) is 2. The van der Waals surface area contributed by atoms with Crippen LogP contribution in [-0.4, -0.2) is 49.1 Å². The molecule has 1 aromatic carbocycles. The van der Waals surface area contributed by atoms with Crippen molar-refractivity contribution >= 4 is 11.0 Å². The van der Waals surface area contributed by atoms with Crippen LogP contribution in [0.15, 0.2) is 28.7 Å². The summed E-state index contributed by atoms with van der Waals surface area (Å²) < 4.78 is 5.86. The molecule has 108 valence electrons. The minimum Gasteiger partial charge on any atom is -0.461 e. The van der Waals surface area contributed by atoms with E-state index in [1.807, 2.05) is 12.1 Å². The van der Waals surface area contributed by atoms with E-state index >= 15 is 0 Å². The van der Waals surface area contributed by atoms with Crippen LogP contribution >= 0.6 is 0 Å². The number of hydrogen-bond acceptors (Lipinski definition) is 4. The molecule has 4 heteroatoms. The lowest BCUT2D eigenvalue weighted by molar-refractivity contribution is 0.0880. The van der Waals surface area contributed by atoms with Crippen LogP contribution in [0.25, 0.3) is 11.0 Å². The van der Waals surface area contributed by atoms with Gasteiger partial charge in [0, 0.05) is 49.7 Å². The van der Waals surface area contributed by atoms with Gasteiger partial charge in [0.15, 0.2) is 0 Å². The van der Waals surface area contributed by atoms with Crippen LogP contribution in [0.1, 0.15) is 11.3 Å². The highest BCUT2D eigenvalue weighted by Crippen LogP contribution is 2.27. The Balaban J connectivity index is 1.87. The molecule has 0 aliphatic carbocycles. The maximum atomic E-state index is 5.94. The Kier molecular flexibility index (Phi) is 3.78. The van der Waals surface area contributed by atoms with E-state index in [1.165, 1.54) is 10.9 Å². The maximum Gasteiger partial charge on any atom is 0.134 e. The quantitative estimate of drug-likeness (QED) is 0.926. The molecule has 1 unspecified atom stereocenters. The summed E-state index contributed by atoms with van der Waals surface area (Å²) in [6.45, 7) is 6.91. The number of rotatable bonds is 3. The van der Waals surface area contributed by atoms with Crippen molar-refractivity contribution in [3.05, 3.63) is 35.6 Å². The van der Waals surface area contributed by atoms with Gasteiger partial charge in [0.25, 0.3) is 0 Å². The molecule has 0 amide bonds. The molecular formula is C16H23N3O. The van der Waals surface area contributed by atoms with Crippen LogP contribution in [0.5, 0.6) is 0 Å². The van der Waals surface area contributed by atoms with Gasteiger partial charge in [-0.1, -0.05) is 18.2 Å². The molecule has 2 heterocycles. The van der Waals surface area contributed by atoms with Gasteiger partial charge in [0.1, 0.15) is 11.3 Å². The highest BCUT2D eigenvalue weighted by Gasteiger charge is 2.25. The van der Waals surface area contributed by atoms with Crippen molar-refractivity contribution < 1.29 is 4.42 Å². The molecule has 2 aromatic rings. The Morgan fingerprint density at radius 2 is 2.10 bits per heavy atom. The zero-order valence-electron chi connectivity index (χ0n) is 12.3. The van der Waals surface area contributed by atoms with Crippen LogP contribution < -0.4 is 5.73 Å². The lowest BCUT2D eigenvalue weighted by Gasteiger charge is -2.39. The first kappa shape index (κ1) is 13.6. The summed E-state index contributed by atoms with van der Waals surface area (Å²) in [5.41, 5.74) is 8.24. The Labute approximate surface area is 120 Å². The third-order valence-electron chi connectivity index (χ3n) is 4.34. The number of fused-ring (bicyclic) bond motifs is 1. The minimum absolute atomic E-state index is 0.432. The van der Waals surface area contributed by atoms with Gasteiger partial charge in [-0.3, -0.25) is 4.90 Å². The maximum absolute atomic E-state index is 5.94. The average molecular weight is 273 g/mol. The SMILES string of the molecule is Cc1oc2ccccc2c1CN1CCN(C)CC1CN. The highest BCUT2D eigenvalue weighted by atomic mass is 16.3. The van der Waals surface area contributed by atoms with Crippen LogP contribution in [-0.2, 0) is 6.54 Å². The van der Waals surface area contributed by atoms with Crippen molar-refractivity contribution in [2.75, 3.05) is 33.2 Å². The topological polar surface area (TPSA) is 45.6 Å². The van der Waals surface area contributed by atoms with E-state index in [9.17, 15) is 0 Å². The fourth-order valence-corrected chi connectivity index (χ4v) is 3.10. The smallest absolute Gasteiger partial charge is 0.134 e. The van der Waals surface area contributed by atoms with Gasteiger partial charge >= 0.3 is 0 Å². The van der Waals surface area contributed by atoms with Crippen molar-refractivity contribution in [3.63, 3.8) is 0 Å². The summed E-state index contributed by atoms with van der Waals surface area (Å²) in [6, 6.07) is 8.71. The second-order valence-corrected chi connectivity index (χ2v) is 5.76. The summed E-state index contributed by atoms with van der Waals surface area (Å²) in [5.74, 6) is 1.03. The summed E-state index contributed by atoms with van der Waals surface area (Å²) in [7, 11) is 2.17. The Morgan fingerprint density at radius 1 is 1.30 bits per heavy atom. The third kappa shape index (κ3) is 2.46. The molecule has 2 N–H and O–H groups in total. The van der Waals surface area contributed by atoms with Gasteiger partial charge in [-0.2, -0.15) is 0 Å². The molecular weight excluding hydrogens is 250 g/mol. The van der Waals surface area contributed by atoms with Gasteiger partial charge in [0.05, 0.1) is 0 Å². The van der Waals surface area contributed by atoms with Gasteiger partial charge in [-0.15, -0.1) is 0 Å². The number of nitrogens with two attached hydrogens (primary N) is 1. The van der Waals surface area contributed by atoms with Crippen molar-refractivity contribution in [1.29, 1.82) is 0 Å². The van der Waals surface area contributed by atoms with Crippen LogP contribution in [0.2, 0.25) is 0 Å². The fourth-order valence-electron chi connectivity index (χ4n) is 3.10. The molecule has 0 spiro atoms. The second kappa shape index (κ2) is 5.56. The van der Waals surface area contributed by atoms with E-state index in [0.717, 1.165) is 37.5 Å². The van der Waals surface area contributed by atoms with Crippen LogP contribution in [0, 0.1) is 6.92 Å². The molecule has 0 bridgehead atoms. The van der Waals surface area contributed by atoms with Gasteiger partial charge in [-0.25, -0.2) is 0 Å². The largest absolute Gasteiger partial charge is 0.461 e. The first-order valence-electron chi connectivity index (χ1n) is 7.28. The standard InChI is InChI=1S/C16H23N3O/c1-12-15(14-5-3-4-6-16(14)20-12)11-19-8-7-18(2)10-13(19)9-17/h3-6,13H,7-11,17H2,1-2H3. The second-order valence-electron chi connectivity index (χ2n) is 5.76. The first-order chi connectivity index (χ1) is 9.69. The van der Waals surface area contributed by atoms with Crippen LogP contribution in [0.3, 0.4) is 0 Å². The van der Waals surface area contributed by atoms with E-state index in [2.05, 4.69) is 35.9 Å². The summed E-state index contributed by atoms with van der Waals surface area (Å²) in [6.07, 6.45) is 0. The zero-order chi connectivity index (χ0) is 14.1. The zero-order valence-corrected chi connectivity index (χ0v) is 12.3. The molecule has 1 aromatic heterocycles.